The molecule has 0 spiro atoms. The zero-order valence-corrected chi connectivity index (χ0v) is 18.5. The molecule has 162 valence electrons. The summed E-state index contributed by atoms with van der Waals surface area (Å²) >= 11 is 0. The van der Waals surface area contributed by atoms with Gasteiger partial charge in [0.25, 0.3) is 5.91 Å². The number of amides is 1. The van der Waals surface area contributed by atoms with Crippen LogP contribution in [0.2, 0.25) is 0 Å². The first-order chi connectivity index (χ1) is 14.6. The third kappa shape index (κ3) is 5.18. The quantitative estimate of drug-likeness (QED) is 0.589. The molecule has 0 aliphatic heterocycles. The molecule has 0 saturated carbocycles. The van der Waals surface area contributed by atoms with Crippen molar-refractivity contribution in [2.75, 3.05) is 18.2 Å². The van der Waals surface area contributed by atoms with Gasteiger partial charge in [-0.25, -0.2) is 17.9 Å². The molecule has 1 N–H and O–H groups in total. The molecule has 8 nitrogen and oxygen atoms in total. The standard InChI is InChI=1S/C22H23N3O5S/c1-14-5-9-18(10-6-14)25-16(3)21(15(2)24-25)23-20(26)13-30-22(27)17-7-11-19(12-8-17)31(4,28)29/h5-12H,13H2,1-4H3,(H,23,26). The molecule has 0 fully saturated rings. The number of carbonyl (C=O) groups is 2. The summed E-state index contributed by atoms with van der Waals surface area (Å²) in [6.07, 6.45) is 1.08. The normalized spacial score (nSPS) is 11.2. The van der Waals surface area contributed by atoms with Gasteiger partial charge in [0.05, 0.1) is 33.2 Å². The Balaban J connectivity index is 1.65. The van der Waals surface area contributed by atoms with Gasteiger partial charge in [0.1, 0.15) is 0 Å². The highest BCUT2D eigenvalue weighted by Gasteiger charge is 2.17. The van der Waals surface area contributed by atoms with Crippen LogP contribution in [-0.4, -0.2) is 42.9 Å². The van der Waals surface area contributed by atoms with Crippen molar-refractivity contribution in [2.24, 2.45) is 0 Å². The number of aryl methyl sites for hydroxylation is 2. The number of carbonyl (C=O) groups excluding carboxylic acids is 2. The average molecular weight is 442 g/mol. The van der Waals surface area contributed by atoms with E-state index >= 15 is 0 Å². The van der Waals surface area contributed by atoms with Gasteiger partial charge in [0, 0.05) is 6.26 Å². The van der Waals surface area contributed by atoms with E-state index in [-0.39, 0.29) is 10.5 Å². The topological polar surface area (TPSA) is 107 Å². The number of hydrogen-bond acceptors (Lipinski definition) is 6. The number of ether oxygens (including phenoxy) is 1. The molecule has 31 heavy (non-hydrogen) atoms. The Kier molecular flexibility index (Phi) is 6.26. The zero-order chi connectivity index (χ0) is 22.8. The lowest BCUT2D eigenvalue weighted by Crippen LogP contribution is -2.21. The number of esters is 1. The molecule has 1 amide bonds. The van der Waals surface area contributed by atoms with Crippen LogP contribution in [0.25, 0.3) is 5.69 Å². The molecule has 3 rings (SSSR count). The molecule has 0 aliphatic rings. The van der Waals surface area contributed by atoms with E-state index in [4.69, 9.17) is 4.74 Å². The van der Waals surface area contributed by atoms with Crippen molar-refractivity contribution in [3.63, 3.8) is 0 Å². The van der Waals surface area contributed by atoms with Crippen LogP contribution in [-0.2, 0) is 19.4 Å². The number of hydrogen-bond donors (Lipinski definition) is 1. The largest absolute Gasteiger partial charge is 0.452 e. The molecule has 0 aliphatic carbocycles. The van der Waals surface area contributed by atoms with Gasteiger partial charge in [-0.3, -0.25) is 4.79 Å². The van der Waals surface area contributed by atoms with Crippen molar-refractivity contribution in [1.29, 1.82) is 0 Å². The Labute approximate surface area is 180 Å². The molecule has 0 radical (unpaired) electrons. The molecule has 1 aromatic heterocycles. The minimum absolute atomic E-state index is 0.0957. The molecule has 0 unspecified atom stereocenters. The van der Waals surface area contributed by atoms with Gasteiger partial charge in [-0.1, -0.05) is 17.7 Å². The predicted octanol–water partition coefficient (Wildman–Crippen LogP) is 3.00. The predicted molar refractivity (Wildman–Crippen MR) is 116 cm³/mol. The van der Waals surface area contributed by atoms with E-state index < -0.39 is 28.3 Å². The summed E-state index contributed by atoms with van der Waals surface area (Å²) in [5.74, 6) is -1.23. The van der Waals surface area contributed by atoms with Crippen LogP contribution in [0.15, 0.2) is 53.4 Å². The van der Waals surface area contributed by atoms with Gasteiger partial charge in [-0.05, 0) is 57.2 Å². The minimum Gasteiger partial charge on any atom is -0.452 e. The number of sulfone groups is 1. The van der Waals surface area contributed by atoms with Crippen molar-refractivity contribution >= 4 is 27.4 Å². The van der Waals surface area contributed by atoms with E-state index in [0.29, 0.717) is 11.4 Å². The van der Waals surface area contributed by atoms with Gasteiger partial charge in [0.2, 0.25) is 0 Å². The van der Waals surface area contributed by atoms with Crippen LogP contribution in [0.3, 0.4) is 0 Å². The van der Waals surface area contributed by atoms with Gasteiger partial charge in [-0.15, -0.1) is 0 Å². The lowest BCUT2D eigenvalue weighted by molar-refractivity contribution is -0.119. The summed E-state index contributed by atoms with van der Waals surface area (Å²) in [5, 5.41) is 7.22. The first-order valence-corrected chi connectivity index (χ1v) is 11.4. The number of aromatic nitrogens is 2. The molecule has 1 heterocycles. The molecule has 2 aromatic carbocycles. The van der Waals surface area contributed by atoms with Crippen molar-refractivity contribution in [1.82, 2.24) is 9.78 Å². The highest BCUT2D eigenvalue weighted by atomic mass is 32.2. The zero-order valence-electron chi connectivity index (χ0n) is 17.7. The smallest absolute Gasteiger partial charge is 0.338 e. The van der Waals surface area contributed by atoms with Gasteiger partial charge < -0.3 is 10.1 Å². The molecule has 0 saturated heterocycles. The fourth-order valence-corrected chi connectivity index (χ4v) is 3.62. The first kappa shape index (κ1) is 22.2. The summed E-state index contributed by atoms with van der Waals surface area (Å²) < 4.78 is 29.8. The van der Waals surface area contributed by atoms with E-state index in [1.54, 1.807) is 11.6 Å². The number of rotatable bonds is 6. The number of nitrogens with one attached hydrogen (secondary N) is 1. The van der Waals surface area contributed by atoms with Crippen molar-refractivity contribution in [3.05, 3.63) is 71.0 Å². The lowest BCUT2D eigenvalue weighted by Gasteiger charge is -2.08. The maximum Gasteiger partial charge on any atom is 0.338 e. The fourth-order valence-electron chi connectivity index (χ4n) is 2.99. The second kappa shape index (κ2) is 8.73. The maximum absolute atomic E-state index is 12.3. The number of benzene rings is 2. The average Bonchev–Trinajstić information content (AvgIpc) is 3.00. The van der Waals surface area contributed by atoms with Crippen LogP contribution in [0, 0.1) is 20.8 Å². The third-order valence-electron chi connectivity index (χ3n) is 4.69. The monoisotopic (exact) mass is 441 g/mol. The van der Waals surface area contributed by atoms with Crippen LogP contribution in [0.4, 0.5) is 5.69 Å². The highest BCUT2D eigenvalue weighted by molar-refractivity contribution is 7.90. The summed E-state index contributed by atoms with van der Waals surface area (Å²) in [6, 6.07) is 13.2. The van der Waals surface area contributed by atoms with Gasteiger partial charge in [0.15, 0.2) is 16.4 Å². The number of anilines is 1. The van der Waals surface area contributed by atoms with Crippen LogP contribution in [0.1, 0.15) is 27.3 Å². The minimum atomic E-state index is -3.36. The Morgan fingerprint density at radius 1 is 1.00 bits per heavy atom. The second-order valence-corrected chi connectivity index (χ2v) is 9.23. The molecular formula is C22H23N3O5S. The second-order valence-electron chi connectivity index (χ2n) is 7.21. The Hall–Kier alpha value is -3.46. The van der Waals surface area contributed by atoms with E-state index in [2.05, 4.69) is 10.4 Å². The highest BCUT2D eigenvalue weighted by Crippen LogP contribution is 2.23. The van der Waals surface area contributed by atoms with E-state index in [0.717, 1.165) is 23.2 Å². The Morgan fingerprint density at radius 2 is 1.61 bits per heavy atom. The third-order valence-corrected chi connectivity index (χ3v) is 5.82. The summed E-state index contributed by atoms with van der Waals surface area (Å²) in [5.41, 5.74) is 4.09. The van der Waals surface area contributed by atoms with Crippen LogP contribution in [0.5, 0.6) is 0 Å². The van der Waals surface area contributed by atoms with Gasteiger partial charge in [-0.2, -0.15) is 5.10 Å². The molecule has 0 atom stereocenters. The van der Waals surface area contributed by atoms with Crippen LogP contribution >= 0.6 is 0 Å². The fraction of sp³-hybridized carbons (Fsp3) is 0.227. The Bertz CT molecular complexity index is 1230. The summed E-state index contributed by atoms with van der Waals surface area (Å²) in [7, 11) is -3.36. The number of nitrogens with zero attached hydrogens (tertiary/aromatic N) is 2. The van der Waals surface area contributed by atoms with Gasteiger partial charge >= 0.3 is 5.97 Å². The van der Waals surface area contributed by atoms with E-state index in [1.807, 2.05) is 38.1 Å². The lowest BCUT2D eigenvalue weighted by atomic mass is 10.2. The molecular weight excluding hydrogens is 418 g/mol. The summed E-state index contributed by atoms with van der Waals surface area (Å²) in [4.78, 5) is 24.6. The van der Waals surface area contributed by atoms with Crippen LogP contribution < -0.4 is 5.32 Å². The van der Waals surface area contributed by atoms with E-state index in [1.165, 1.54) is 24.3 Å². The SMILES string of the molecule is Cc1ccc(-n2nc(C)c(NC(=O)COC(=O)c3ccc(S(C)(=O)=O)cc3)c2C)cc1. The molecule has 3 aromatic rings. The van der Waals surface area contributed by atoms with Crippen molar-refractivity contribution in [2.45, 2.75) is 25.7 Å². The van der Waals surface area contributed by atoms with Crippen molar-refractivity contribution < 1.29 is 22.7 Å². The van der Waals surface area contributed by atoms with E-state index in [9.17, 15) is 18.0 Å². The molecule has 9 heteroatoms. The van der Waals surface area contributed by atoms with Crippen molar-refractivity contribution in [3.8, 4) is 5.69 Å². The maximum atomic E-state index is 12.3. The first-order valence-electron chi connectivity index (χ1n) is 9.46. The Morgan fingerprint density at radius 3 is 2.19 bits per heavy atom. The molecule has 0 bridgehead atoms. The summed E-state index contributed by atoms with van der Waals surface area (Å²) in [6.45, 7) is 5.13.